The van der Waals surface area contributed by atoms with E-state index in [1.54, 1.807) is 6.07 Å². The summed E-state index contributed by atoms with van der Waals surface area (Å²) in [6, 6.07) is 5.53. The molecule has 1 aliphatic rings. The van der Waals surface area contributed by atoms with Crippen LogP contribution in [0.4, 0.5) is 0 Å². The van der Waals surface area contributed by atoms with Crippen molar-refractivity contribution in [3.05, 3.63) is 32.7 Å². The minimum Gasteiger partial charge on any atom is -0.381 e. The molecule has 0 unspecified atom stereocenters. The van der Waals surface area contributed by atoms with E-state index < -0.39 is 0 Å². The summed E-state index contributed by atoms with van der Waals surface area (Å²) in [6.45, 7) is 2.25. The van der Waals surface area contributed by atoms with Crippen LogP contribution in [0.3, 0.4) is 0 Å². The molecule has 0 aliphatic heterocycles. The van der Waals surface area contributed by atoms with Gasteiger partial charge in [-0.3, -0.25) is 4.79 Å². The molecule has 3 nitrogen and oxygen atoms in total. The molecular weight excluding hydrogens is 374 g/mol. The summed E-state index contributed by atoms with van der Waals surface area (Å²) in [6.07, 6.45) is 3.48. The Morgan fingerprint density at radius 1 is 1.37 bits per heavy atom. The third-order valence-electron chi connectivity index (χ3n) is 2.98. The zero-order valence-corrected chi connectivity index (χ0v) is 13.8. The predicted octanol–water partition coefficient (Wildman–Crippen LogP) is 3.76. The largest absolute Gasteiger partial charge is 0.381 e. The fraction of sp³-hybridized carbons (Fsp3) is 0.500. The minimum atomic E-state index is -0.0541. The first-order valence-electron chi connectivity index (χ1n) is 6.48. The summed E-state index contributed by atoms with van der Waals surface area (Å²) in [7, 11) is 0. The third kappa shape index (κ3) is 5.24. The minimum absolute atomic E-state index is 0.0541. The van der Waals surface area contributed by atoms with Crippen LogP contribution in [0.5, 0.6) is 0 Å². The van der Waals surface area contributed by atoms with Gasteiger partial charge in [0, 0.05) is 28.7 Å². The summed E-state index contributed by atoms with van der Waals surface area (Å²) in [5.41, 5.74) is 0.655. The second-order valence-corrected chi connectivity index (χ2v) is 6.52. The highest BCUT2D eigenvalue weighted by atomic mass is 79.9. The molecular formula is C14H17Br2NO2. The monoisotopic (exact) mass is 389 g/mol. The van der Waals surface area contributed by atoms with Gasteiger partial charge in [-0.25, -0.2) is 0 Å². The zero-order chi connectivity index (χ0) is 13.7. The van der Waals surface area contributed by atoms with Crippen LogP contribution in [0.2, 0.25) is 0 Å². The van der Waals surface area contributed by atoms with Gasteiger partial charge in [-0.05, 0) is 59.3 Å². The molecule has 5 heteroatoms. The first-order valence-corrected chi connectivity index (χ1v) is 8.06. The summed E-state index contributed by atoms with van der Waals surface area (Å²) in [5.74, 6) is 0.745. The van der Waals surface area contributed by atoms with Gasteiger partial charge in [-0.1, -0.05) is 15.9 Å². The van der Waals surface area contributed by atoms with E-state index in [9.17, 15) is 4.79 Å². The van der Waals surface area contributed by atoms with Gasteiger partial charge < -0.3 is 10.1 Å². The molecule has 1 amide bonds. The number of rotatable bonds is 7. The molecule has 1 saturated carbocycles. The Labute approximate surface area is 130 Å². The molecule has 1 aromatic carbocycles. The maximum Gasteiger partial charge on any atom is 0.252 e. The topological polar surface area (TPSA) is 38.3 Å². The molecule has 2 rings (SSSR count). The van der Waals surface area contributed by atoms with Crippen LogP contribution in [0, 0.1) is 5.92 Å². The quantitative estimate of drug-likeness (QED) is 0.720. The summed E-state index contributed by atoms with van der Waals surface area (Å²) >= 11 is 6.75. The van der Waals surface area contributed by atoms with Crippen molar-refractivity contribution in [1.82, 2.24) is 5.32 Å². The Morgan fingerprint density at radius 2 is 2.16 bits per heavy atom. The second-order valence-electron chi connectivity index (χ2n) is 4.75. The van der Waals surface area contributed by atoms with Crippen LogP contribution in [-0.4, -0.2) is 25.7 Å². The van der Waals surface area contributed by atoms with E-state index in [-0.39, 0.29) is 5.91 Å². The molecule has 19 heavy (non-hydrogen) atoms. The lowest BCUT2D eigenvalue weighted by Crippen LogP contribution is -2.25. The molecule has 1 fully saturated rings. The van der Waals surface area contributed by atoms with E-state index in [4.69, 9.17) is 4.74 Å². The van der Waals surface area contributed by atoms with E-state index in [1.165, 1.54) is 12.8 Å². The molecule has 0 bridgehead atoms. The van der Waals surface area contributed by atoms with Gasteiger partial charge in [0.15, 0.2) is 0 Å². The molecule has 1 N–H and O–H groups in total. The van der Waals surface area contributed by atoms with Gasteiger partial charge in [-0.15, -0.1) is 0 Å². The van der Waals surface area contributed by atoms with Crippen molar-refractivity contribution >= 4 is 37.8 Å². The van der Waals surface area contributed by atoms with Crippen molar-refractivity contribution in [2.45, 2.75) is 19.3 Å². The zero-order valence-electron chi connectivity index (χ0n) is 10.6. The van der Waals surface area contributed by atoms with Crippen molar-refractivity contribution in [3.8, 4) is 0 Å². The lowest BCUT2D eigenvalue weighted by atomic mass is 10.2. The highest BCUT2D eigenvalue weighted by Gasteiger charge is 2.20. The lowest BCUT2D eigenvalue weighted by Gasteiger charge is -2.07. The molecule has 0 atom stereocenters. The number of nitrogens with one attached hydrogen (secondary N) is 1. The van der Waals surface area contributed by atoms with Crippen LogP contribution in [0.1, 0.15) is 29.6 Å². The van der Waals surface area contributed by atoms with Crippen LogP contribution in [-0.2, 0) is 4.74 Å². The van der Waals surface area contributed by atoms with E-state index in [1.807, 2.05) is 12.1 Å². The number of amides is 1. The van der Waals surface area contributed by atoms with Gasteiger partial charge in [-0.2, -0.15) is 0 Å². The Balaban J connectivity index is 1.65. The highest BCUT2D eigenvalue weighted by Crippen LogP contribution is 2.28. The molecule has 104 valence electrons. The SMILES string of the molecule is O=C(NCCCOCC1CC1)c1ccc(Br)cc1Br. The number of carbonyl (C=O) groups is 1. The Kier molecular flexibility index (Phi) is 5.85. The average molecular weight is 391 g/mol. The maximum atomic E-state index is 11.9. The predicted molar refractivity (Wildman–Crippen MR) is 82.3 cm³/mol. The number of benzene rings is 1. The number of carbonyl (C=O) groups excluding carboxylic acids is 1. The Hall–Kier alpha value is -0.390. The van der Waals surface area contributed by atoms with Gasteiger partial charge in [0.25, 0.3) is 5.91 Å². The van der Waals surface area contributed by atoms with Crippen LogP contribution in [0.15, 0.2) is 27.1 Å². The summed E-state index contributed by atoms with van der Waals surface area (Å²) in [5, 5.41) is 2.90. The second kappa shape index (κ2) is 7.41. The molecule has 1 aromatic rings. The van der Waals surface area contributed by atoms with E-state index in [0.717, 1.165) is 34.5 Å². The lowest BCUT2D eigenvalue weighted by molar-refractivity contribution is 0.0936. The van der Waals surface area contributed by atoms with E-state index in [0.29, 0.717) is 12.1 Å². The van der Waals surface area contributed by atoms with Crippen molar-refractivity contribution in [2.75, 3.05) is 19.8 Å². The third-order valence-corrected chi connectivity index (χ3v) is 4.13. The van der Waals surface area contributed by atoms with Gasteiger partial charge in [0.1, 0.15) is 0 Å². The fourth-order valence-electron chi connectivity index (χ4n) is 1.68. The molecule has 0 heterocycles. The average Bonchev–Trinajstić information content (AvgIpc) is 3.17. The van der Waals surface area contributed by atoms with Gasteiger partial charge in [0.05, 0.1) is 5.56 Å². The van der Waals surface area contributed by atoms with Crippen LogP contribution >= 0.6 is 31.9 Å². The summed E-state index contributed by atoms with van der Waals surface area (Å²) < 4.78 is 7.26. The summed E-state index contributed by atoms with van der Waals surface area (Å²) in [4.78, 5) is 11.9. The first kappa shape index (κ1) is 15.0. The van der Waals surface area contributed by atoms with Crippen LogP contribution in [0.25, 0.3) is 0 Å². The first-order chi connectivity index (χ1) is 9.16. The molecule has 0 spiro atoms. The Morgan fingerprint density at radius 3 is 2.84 bits per heavy atom. The van der Waals surface area contributed by atoms with Crippen molar-refractivity contribution < 1.29 is 9.53 Å². The van der Waals surface area contributed by atoms with Crippen molar-refractivity contribution in [3.63, 3.8) is 0 Å². The normalized spacial score (nSPS) is 14.4. The number of halogens is 2. The molecule has 1 aliphatic carbocycles. The smallest absolute Gasteiger partial charge is 0.252 e. The molecule has 0 aromatic heterocycles. The van der Waals surface area contributed by atoms with Crippen molar-refractivity contribution in [2.24, 2.45) is 5.92 Å². The van der Waals surface area contributed by atoms with E-state index >= 15 is 0 Å². The number of ether oxygens (including phenoxy) is 1. The van der Waals surface area contributed by atoms with Gasteiger partial charge in [0.2, 0.25) is 0 Å². The standard InChI is InChI=1S/C14H17Br2NO2/c15-11-4-5-12(13(16)8-11)14(18)17-6-1-7-19-9-10-2-3-10/h4-5,8,10H,1-3,6-7,9H2,(H,17,18). The highest BCUT2D eigenvalue weighted by molar-refractivity contribution is 9.11. The van der Waals surface area contributed by atoms with Gasteiger partial charge >= 0.3 is 0 Å². The van der Waals surface area contributed by atoms with Crippen molar-refractivity contribution in [1.29, 1.82) is 0 Å². The molecule has 0 radical (unpaired) electrons. The fourth-order valence-corrected chi connectivity index (χ4v) is 2.91. The van der Waals surface area contributed by atoms with E-state index in [2.05, 4.69) is 37.2 Å². The Bertz CT molecular complexity index is 447. The molecule has 0 saturated heterocycles. The number of hydrogen-bond donors (Lipinski definition) is 1. The maximum absolute atomic E-state index is 11.9. The van der Waals surface area contributed by atoms with Crippen LogP contribution < -0.4 is 5.32 Å². The number of hydrogen-bond acceptors (Lipinski definition) is 2.